The Bertz CT molecular complexity index is 787. The molecule has 0 aromatic rings. The van der Waals surface area contributed by atoms with Gasteiger partial charge in [-0.3, -0.25) is 0 Å². The van der Waals surface area contributed by atoms with Gasteiger partial charge in [0.2, 0.25) is 0 Å². The first-order chi connectivity index (χ1) is 16.0. The summed E-state index contributed by atoms with van der Waals surface area (Å²) in [6.45, 7) is 10.4. The number of hydrogen-bond donors (Lipinski definition) is 2. The lowest BCUT2D eigenvalue weighted by atomic mass is 10.2. The Kier molecular flexibility index (Phi) is 16.2. The van der Waals surface area contributed by atoms with Crippen LogP contribution in [0.25, 0.3) is 0 Å². The summed E-state index contributed by atoms with van der Waals surface area (Å²) < 4.78 is 0. The fraction of sp³-hybridized carbons (Fsp3) is 0.533. The number of nitrogens with one attached hydrogen (secondary N) is 2. The van der Waals surface area contributed by atoms with Crippen molar-refractivity contribution in [2.24, 2.45) is 0 Å². The van der Waals surface area contributed by atoms with Gasteiger partial charge < -0.3 is 10.6 Å². The van der Waals surface area contributed by atoms with Gasteiger partial charge in [-0.25, -0.2) is 20.1 Å². The summed E-state index contributed by atoms with van der Waals surface area (Å²) in [5, 5.41) is 7.26. The van der Waals surface area contributed by atoms with Crippen LogP contribution in [0.15, 0.2) is 83.1 Å². The SMILES string of the molecule is C=C/C=C(/NC)C(CC)S(C)(C)C/C=C(/C=CC)CC.CN/C1=C(\S(C)(C)C)C=CCCC=C1. The van der Waals surface area contributed by atoms with Gasteiger partial charge in [-0.1, -0.05) is 68.5 Å². The van der Waals surface area contributed by atoms with Crippen molar-refractivity contribution < 1.29 is 0 Å². The maximum atomic E-state index is 3.83. The summed E-state index contributed by atoms with van der Waals surface area (Å²) >= 11 is 0. The van der Waals surface area contributed by atoms with Crippen LogP contribution in [0.2, 0.25) is 0 Å². The molecule has 196 valence electrons. The van der Waals surface area contributed by atoms with Crippen molar-refractivity contribution in [2.75, 3.05) is 51.1 Å². The zero-order valence-corrected chi connectivity index (χ0v) is 25.5. The minimum Gasteiger partial charge on any atom is -0.391 e. The third kappa shape index (κ3) is 11.8. The Morgan fingerprint density at radius 1 is 1.06 bits per heavy atom. The van der Waals surface area contributed by atoms with Crippen LogP contribution in [0.1, 0.15) is 46.5 Å². The number of rotatable bonds is 11. The van der Waals surface area contributed by atoms with Gasteiger partial charge in [0.25, 0.3) is 0 Å². The summed E-state index contributed by atoms with van der Waals surface area (Å²) in [7, 11) is 2.65. The molecule has 2 nitrogen and oxygen atoms in total. The van der Waals surface area contributed by atoms with Crippen molar-refractivity contribution in [3.63, 3.8) is 0 Å². The standard InChI is InChI=1S/C18H33NS.C12H21NS/c1-8-12-16(10-3)14-15-20(6,7)18(11-4)17(19-5)13-9-2;1-13-11-9-7-5-6-8-10-12(11)14(2,3)4/h8-9,12-14,18-19H,2,10-11,15H2,1,3-7H3;7-10,13H,5-6H2,1-4H3/b12-8?,16-14+,17-13+;9-7?,10-8?,12-11-. The van der Waals surface area contributed by atoms with Gasteiger partial charge in [0.15, 0.2) is 0 Å². The van der Waals surface area contributed by atoms with Gasteiger partial charge in [0.1, 0.15) is 0 Å². The van der Waals surface area contributed by atoms with Gasteiger partial charge in [-0.05, 0) is 81.8 Å². The quantitative estimate of drug-likeness (QED) is 0.277. The smallest absolute Gasteiger partial charge is 0.0457 e. The first-order valence-corrected chi connectivity index (χ1v) is 18.0. The highest BCUT2D eigenvalue weighted by molar-refractivity contribution is 8.35. The van der Waals surface area contributed by atoms with E-state index >= 15 is 0 Å². The van der Waals surface area contributed by atoms with Crippen LogP contribution in [-0.2, 0) is 0 Å². The lowest BCUT2D eigenvalue weighted by molar-refractivity contribution is 0.824. The van der Waals surface area contributed by atoms with E-state index < -0.39 is 20.1 Å². The number of allylic oxidation sites excluding steroid dienone is 9. The average molecular weight is 507 g/mol. The van der Waals surface area contributed by atoms with Crippen molar-refractivity contribution in [3.8, 4) is 0 Å². The lowest BCUT2D eigenvalue weighted by Gasteiger charge is -2.40. The molecule has 2 N–H and O–H groups in total. The van der Waals surface area contributed by atoms with E-state index in [1.165, 1.54) is 34.0 Å². The molecule has 4 heteroatoms. The van der Waals surface area contributed by atoms with Gasteiger partial charge in [0, 0.05) is 35.6 Å². The molecule has 1 rings (SSSR count). The molecule has 0 bridgehead atoms. The number of likely N-dealkylation sites (N-methyl/N-ethyl adjacent to an activating group) is 1. The molecule has 1 unspecified atom stereocenters. The van der Waals surface area contributed by atoms with E-state index in [-0.39, 0.29) is 0 Å². The molecule has 34 heavy (non-hydrogen) atoms. The van der Waals surface area contributed by atoms with E-state index in [0.29, 0.717) is 5.25 Å². The topological polar surface area (TPSA) is 24.1 Å². The van der Waals surface area contributed by atoms with E-state index in [0.717, 1.165) is 19.3 Å². The van der Waals surface area contributed by atoms with Crippen molar-refractivity contribution in [1.29, 1.82) is 0 Å². The first-order valence-electron chi connectivity index (χ1n) is 12.5. The Morgan fingerprint density at radius 3 is 2.12 bits per heavy atom. The maximum Gasteiger partial charge on any atom is 0.0457 e. The predicted octanol–water partition coefficient (Wildman–Crippen LogP) is 8.05. The van der Waals surface area contributed by atoms with Crippen molar-refractivity contribution in [2.45, 2.75) is 51.7 Å². The van der Waals surface area contributed by atoms with Crippen molar-refractivity contribution in [1.82, 2.24) is 10.6 Å². The van der Waals surface area contributed by atoms with Crippen LogP contribution in [0.5, 0.6) is 0 Å². The van der Waals surface area contributed by atoms with E-state index in [2.05, 4.69) is 118 Å². The zero-order chi connectivity index (χ0) is 26.2. The molecule has 0 aromatic carbocycles. The van der Waals surface area contributed by atoms with Crippen LogP contribution < -0.4 is 10.6 Å². The molecule has 0 radical (unpaired) electrons. The normalized spacial score (nSPS) is 19.6. The van der Waals surface area contributed by atoms with E-state index in [4.69, 9.17) is 0 Å². The van der Waals surface area contributed by atoms with E-state index in [1.54, 1.807) is 0 Å². The van der Waals surface area contributed by atoms with Crippen LogP contribution in [0.4, 0.5) is 0 Å². The molecule has 0 fully saturated rings. The second-order valence-electron chi connectivity index (χ2n) is 9.67. The third-order valence-electron chi connectivity index (χ3n) is 5.89. The summed E-state index contributed by atoms with van der Waals surface area (Å²) in [6, 6.07) is 0. The Hall–Kier alpha value is -1.52. The lowest BCUT2D eigenvalue weighted by Crippen LogP contribution is -2.27. The Morgan fingerprint density at radius 2 is 1.68 bits per heavy atom. The molecule has 0 saturated heterocycles. The van der Waals surface area contributed by atoms with Crippen LogP contribution in [-0.4, -0.2) is 56.4 Å². The van der Waals surface area contributed by atoms with E-state index in [1.807, 2.05) is 20.2 Å². The van der Waals surface area contributed by atoms with Crippen LogP contribution >= 0.6 is 20.1 Å². The Labute approximate surface area is 216 Å². The summed E-state index contributed by atoms with van der Waals surface area (Å²) in [4.78, 5) is 1.47. The molecule has 0 aromatic heterocycles. The molecule has 0 aliphatic heterocycles. The molecule has 0 amide bonds. The molecule has 1 atom stereocenters. The van der Waals surface area contributed by atoms with Crippen LogP contribution in [0, 0.1) is 0 Å². The molecule has 0 saturated carbocycles. The first kappa shape index (κ1) is 32.5. The molecular weight excluding hydrogens is 452 g/mol. The highest BCUT2D eigenvalue weighted by Crippen LogP contribution is 2.49. The van der Waals surface area contributed by atoms with E-state index in [9.17, 15) is 0 Å². The number of hydrogen-bond acceptors (Lipinski definition) is 2. The van der Waals surface area contributed by atoms with Gasteiger partial charge in [-0.2, -0.15) is 0 Å². The van der Waals surface area contributed by atoms with Crippen molar-refractivity contribution in [3.05, 3.63) is 83.1 Å². The second kappa shape index (κ2) is 17.0. The molecule has 1 aliphatic carbocycles. The predicted molar refractivity (Wildman–Crippen MR) is 168 cm³/mol. The highest BCUT2D eigenvalue weighted by atomic mass is 32.3. The Balaban J connectivity index is 0.000000679. The minimum absolute atomic E-state index is 0.602. The molecular formula is C30H54N2S2. The van der Waals surface area contributed by atoms with Gasteiger partial charge >= 0.3 is 0 Å². The van der Waals surface area contributed by atoms with Crippen molar-refractivity contribution >= 4 is 20.1 Å². The summed E-state index contributed by atoms with van der Waals surface area (Å²) in [6.07, 6.45) is 36.3. The second-order valence-corrected chi connectivity index (χ2v) is 17.9. The zero-order valence-electron chi connectivity index (χ0n) is 23.8. The van der Waals surface area contributed by atoms with Crippen LogP contribution in [0.3, 0.4) is 0 Å². The minimum atomic E-state index is -0.718. The monoisotopic (exact) mass is 506 g/mol. The average Bonchev–Trinajstić information content (AvgIpc) is 2.76. The fourth-order valence-corrected chi connectivity index (χ4v) is 7.97. The molecule has 0 spiro atoms. The fourth-order valence-electron chi connectivity index (χ4n) is 3.97. The van der Waals surface area contributed by atoms with Gasteiger partial charge in [-0.15, -0.1) is 0 Å². The van der Waals surface area contributed by atoms with Gasteiger partial charge in [0.05, 0.1) is 0 Å². The third-order valence-corrected chi connectivity index (χ3v) is 10.7. The summed E-state index contributed by atoms with van der Waals surface area (Å²) in [5.41, 5.74) is 4.05. The molecule has 1 aliphatic rings. The highest BCUT2D eigenvalue weighted by Gasteiger charge is 2.25. The molecule has 0 heterocycles. The largest absolute Gasteiger partial charge is 0.391 e. The summed E-state index contributed by atoms with van der Waals surface area (Å²) in [5.74, 6) is 1.18. The maximum absolute atomic E-state index is 3.83.